The van der Waals surface area contributed by atoms with E-state index in [0.29, 0.717) is 18.8 Å². The highest BCUT2D eigenvalue weighted by Gasteiger charge is 2.27. The molecule has 18 heavy (non-hydrogen) atoms. The normalized spacial score (nSPS) is 14.3. The molecule has 0 amide bonds. The fourth-order valence-electron chi connectivity index (χ4n) is 1.08. The van der Waals surface area contributed by atoms with E-state index in [2.05, 4.69) is 9.73 Å². The van der Waals surface area contributed by atoms with Gasteiger partial charge in [-0.25, -0.2) is 0 Å². The first kappa shape index (κ1) is 22.4. The third-order valence-corrected chi connectivity index (χ3v) is 2.02. The van der Waals surface area contributed by atoms with Crippen molar-refractivity contribution in [2.75, 3.05) is 13.7 Å². The van der Waals surface area contributed by atoms with E-state index in [1.807, 2.05) is 12.2 Å². The van der Waals surface area contributed by atoms with Gasteiger partial charge in [-0.2, -0.15) is 0 Å². The summed E-state index contributed by atoms with van der Waals surface area (Å²) in [5, 5.41) is 0. The van der Waals surface area contributed by atoms with E-state index in [1.54, 1.807) is 13.8 Å². The average Bonchev–Trinajstić information content (AvgIpc) is 2.21. The first-order valence-corrected chi connectivity index (χ1v) is 5.19. The zero-order chi connectivity index (χ0) is 12.6. The second-order valence-corrected chi connectivity index (χ2v) is 3.90. The quantitative estimate of drug-likeness (QED) is 0.255. The highest BCUT2D eigenvalue weighted by Crippen LogP contribution is 2.08. The third-order valence-electron chi connectivity index (χ3n) is 2.02. The van der Waals surface area contributed by atoms with Gasteiger partial charge in [0.25, 0.3) is 0 Å². The van der Waals surface area contributed by atoms with Crippen LogP contribution in [0.3, 0.4) is 0 Å². The maximum atomic E-state index is 11.2. The number of carbonyl (C=O) groups excluding carboxylic acids is 1. The van der Waals surface area contributed by atoms with E-state index < -0.39 is 11.5 Å². The van der Waals surface area contributed by atoms with Crippen LogP contribution in [-0.2, 0) is 9.53 Å². The van der Waals surface area contributed by atoms with Gasteiger partial charge in [0.2, 0.25) is 0 Å². The number of nitrogens with two attached hydrogens (primary N) is 2. The zero-order valence-electron chi connectivity index (χ0n) is 11.0. The second kappa shape index (κ2) is 11.3. The van der Waals surface area contributed by atoms with Gasteiger partial charge in [-0.05, 0) is 26.7 Å². The van der Waals surface area contributed by atoms with Crippen LogP contribution in [0.5, 0.6) is 0 Å². The summed E-state index contributed by atoms with van der Waals surface area (Å²) in [6, 6.07) is 0. The van der Waals surface area contributed by atoms with E-state index in [1.165, 1.54) is 7.11 Å². The van der Waals surface area contributed by atoms with Crippen LogP contribution in [0.4, 0.5) is 0 Å². The molecule has 0 spiro atoms. The number of ether oxygens (including phenoxy) is 1. The van der Waals surface area contributed by atoms with Gasteiger partial charge in [-0.3, -0.25) is 9.79 Å². The molecule has 0 aliphatic heterocycles. The summed E-state index contributed by atoms with van der Waals surface area (Å²) in [5.41, 5.74) is 10.2. The number of carbonyl (C=O) groups is 1. The molecule has 0 aromatic rings. The number of esters is 1. The molecule has 0 fully saturated rings. The lowest BCUT2D eigenvalue weighted by Crippen LogP contribution is -2.45. The molecule has 0 rings (SSSR count). The van der Waals surface area contributed by atoms with Gasteiger partial charge in [0, 0.05) is 6.54 Å². The first-order valence-electron chi connectivity index (χ1n) is 5.19. The monoisotopic (exact) mass is 299 g/mol. The topological polar surface area (TPSA) is 90.7 Å². The summed E-state index contributed by atoms with van der Waals surface area (Å²) >= 11 is 0. The maximum absolute atomic E-state index is 11.2. The molecule has 0 aromatic heterocycles. The molecule has 7 heteroatoms. The highest BCUT2D eigenvalue weighted by molar-refractivity contribution is 5.85. The van der Waals surface area contributed by atoms with Crippen LogP contribution in [0, 0.1) is 0 Å². The number of nitrogens with zero attached hydrogens (tertiary/aromatic N) is 1. The maximum Gasteiger partial charge on any atom is 0.325 e. The van der Waals surface area contributed by atoms with Crippen LogP contribution >= 0.6 is 24.8 Å². The van der Waals surface area contributed by atoms with Crippen molar-refractivity contribution in [3.63, 3.8) is 0 Å². The van der Waals surface area contributed by atoms with Crippen LogP contribution in [0.25, 0.3) is 0 Å². The Kier molecular flexibility index (Phi) is 14.1. The predicted octanol–water partition coefficient (Wildman–Crippen LogP) is 1.43. The Hall–Kier alpha value is -0.780. The van der Waals surface area contributed by atoms with Gasteiger partial charge in [-0.15, -0.1) is 24.8 Å². The Labute approximate surface area is 121 Å². The molecule has 0 bridgehead atoms. The lowest BCUT2D eigenvalue weighted by molar-refractivity contribution is -0.146. The molecular weight excluding hydrogens is 277 g/mol. The first-order chi connectivity index (χ1) is 7.40. The molecular formula is C11H23Cl2N3O2. The third kappa shape index (κ3) is 10.4. The van der Waals surface area contributed by atoms with E-state index in [-0.39, 0.29) is 24.8 Å². The molecule has 0 aliphatic rings. The molecule has 0 saturated carbocycles. The standard InChI is InChI=1S/C11H21N3O2.2ClH/c1-9(12)14-8-6-4-5-7-11(2,13)10(15)16-3;;/h4-5H,6-8,13H2,1-3H3,(H2,12,14);2*1H/b5-4+;;. The van der Waals surface area contributed by atoms with Crippen molar-refractivity contribution in [2.45, 2.75) is 32.2 Å². The number of rotatable bonds is 6. The van der Waals surface area contributed by atoms with E-state index in [4.69, 9.17) is 11.5 Å². The van der Waals surface area contributed by atoms with Crippen LogP contribution in [0.15, 0.2) is 17.1 Å². The Balaban J connectivity index is -0.00000112. The van der Waals surface area contributed by atoms with Gasteiger partial charge in [0.05, 0.1) is 12.9 Å². The minimum Gasteiger partial charge on any atom is -0.468 e. The number of aliphatic imine (C=N–C) groups is 1. The Morgan fingerprint density at radius 3 is 2.39 bits per heavy atom. The zero-order valence-corrected chi connectivity index (χ0v) is 12.6. The van der Waals surface area contributed by atoms with Gasteiger partial charge in [0.15, 0.2) is 0 Å². The Bertz CT molecular complexity index is 288. The summed E-state index contributed by atoms with van der Waals surface area (Å²) in [6.45, 7) is 4.04. The van der Waals surface area contributed by atoms with Crippen LogP contribution in [0.1, 0.15) is 26.7 Å². The van der Waals surface area contributed by atoms with E-state index >= 15 is 0 Å². The lowest BCUT2D eigenvalue weighted by Gasteiger charge is -2.18. The number of halogens is 2. The average molecular weight is 300 g/mol. The van der Waals surface area contributed by atoms with Crippen LogP contribution in [-0.4, -0.2) is 31.0 Å². The van der Waals surface area contributed by atoms with Crippen molar-refractivity contribution in [1.82, 2.24) is 0 Å². The highest BCUT2D eigenvalue weighted by atomic mass is 35.5. The summed E-state index contributed by atoms with van der Waals surface area (Å²) < 4.78 is 4.59. The molecule has 5 nitrogen and oxygen atoms in total. The number of methoxy groups -OCH3 is 1. The van der Waals surface area contributed by atoms with Crippen molar-refractivity contribution in [3.8, 4) is 0 Å². The number of hydrogen-bond donors (Lipinski definition) is 2. The molecule has 0 aromatic carbocycles. The van der Waals surface area contributed by atoms with Gasteiger partial charge in [0.1, 0.15) is 5.54 Å². The molecule has 0 radical (unpaired) electrons. The number of hydrogen-bond acceptors (Lipinski definition) is 4. The fraction of sp³-hybridized carbons (Fsp3) is 0.636. The lowest BCUT2D eigenvalue weighted by atomic mass is 9.99. The smallest absolute Gasteiger partial charge is 0.325 e. The number of amidine groups is 1. The summed E-state index contributed by atoms with van der Waals surface area (Å²) in [5.74, 6) is 0.166. The van der Waals surface area contributed by atoms with Crippen molar-refractivity contribution >= 4 is 36.6 Å². The summed E-state index contributed by atoms with van der Waals surface area (Å²) in [4.78, 5) is 15.3. The SMILES string of the molecule is COC(=O)C(C)(N)C/C=C/CCN=C(C)N.Cl.Cl. The fourth-order valence-corrected chi connectivity index (χ4v) is 1.08. The molecule has 0 saturated heterocycles. The van der Waals surface area contributed by atoms with Gasteiger partial charge in [-0.1, -0.05) is 12.2 Å². The Morgan fingerprint density at radius 1 is 1.39 bits per heavy atom. The minimum atomic E-state index is -0.960. The van der Waals surface area contributed by atoms with Gasteiger partial charge < -0.3 is 16.2 Å². The molecule has 0 heterocycles. The van der Waals surface area contributed by atoms with Gasteiger partial charge >= 0.3 is 5.97 Å². The molecule has 1 unspecified atom stereocenters. The minimum absolute atomic E-state index is 0. The molecule has 1 atom stereocenters. The molecule has 0 aliphatic carbocycles. The largest absolute Gasteiger partial charge is 0.468 e. The predicted molar refractivity (Wildman–Crippen MR) is 79.6 cm³/mol. The van der Waals surface area contributed by atoms with E-state index in [0.717, 1.165) is 6.42 Å². The van der Waals surface area contributed by atoms with Crippen molar-refractivity contribution in [3.05, 3.63) is 12.2 Å². The Morgan fingerprint density at radius 2 is 1.94 bits per heavy atom. The van der Waals surface area contributed by atoms with E-state index in [9.17, 15) is 4.79 Å². The molecule has 108 valence electrons. The van der Waals surface area contributed by atoms with Crippen molar-refractivity contribution < 1.29 is 9.53 Å². The van der Waals surface area contributed by atoms with Crippen LogP contribution < -0.4 is 11.5 Å². The van der Waals surface area contributed by atoms with Crippen molar-refractivity contribution in [2.24, 2.45) is 16.5 Å². The van der Waals surface area contributed by atoms with Crippen molar-refractivity contribution in [1.29, 1.82) is 0 Å². The summed E-state index contributed by atoms with van der Waals surface area (Å²) in [7, 11) is 1.33. The second-order valence-electron chi connectivity index (χ2n) is 3.90. The molecule has 4 N–H and O–H groups in total. The summed E-state index contributed by atoms with van der Waals surface area (Å²) in [6.07, 6.45) is 5.02. The van der Waals surface area contributed by atoms with Crippen LogP contribution in [0.2, 0.25) is 0 Å².